The number of benzene rings is 3. The van der Waals surface area contributed by atoms with E-state index >= 15 is 0 Å². The number of amides is 2. The number of rotatable bonds is 3. The van der Waals surface area contributed by atoms with Crippen molar-refractivity contribution in [1.29, 1.82) is 0 Å². The largest absolute Gasteiger partial charge is 0.485 e. The standard InChI is InChI=1S/C26H24N4O3/c1-16(31)28-20-10-6-9-18(13-20)19-11-12-22-21(14-19)26(24(32)30(2)25(27)29-26)15-23(33-22)17-7-4-3-5-8-17/h3-14,23H,15H2,1-2H3,(H2,27,29)(H,28,31). The van der Waals surface area contributed by atoms with Gasteiger partial charge in [0.2, 0.25) is 5.91 Å². The number of nitrogens with zero attached hydrogens (tertiary/aromatic N) is 2. The lowest BCUT2D eigenvalue weighted by molar-refractivity contribution is -0.132. The number of nitrogens with two attached hydrogens (primary N) is 1. The van der Waals surface area contributed by atoms with Crippen LogP contribution in [0.25, 0.3) is 11.1 Å². The minimum Gasteiger partial charge on any atom is -0.485 e. The van der Waals surface area contributed by atoms with E-state index in [9.17, 15) is 9.59 Å². The molecule has 0 radical (unpaired) electrons. The monoisotopic (exact) mass is 440 g/mol. The van der Waals surface area contributed by atoms with Crippen molar-refractivity contribution in [3.63, 3.8) is 0 Å². The van der Waals surface area contributed by atoms with Crippen molar-refractivity contribution in [2.75, 3.05) is 12.4 Å². The summed E-state index contributed by atoms with van der Waals surface area (Å²) in [4.78, 5) is 31.0. The molecule has 0 fully saturated rings. The zero-order chi connectivity index (χ0) is 23.2. The van der Waals surface area contributed by atoms with Crippen LogP contribution in [0.4, 0.5) is 5.69 Å². The molecule has 33 heavy (non-hydrogen) atoms. The number of hydrogen-bond donors (Lipinski definition) is 2. The molecule has 0 bridgehead atoms. The summed E-state index contributed by atoms with van der Waals surface area (Å²) >= 11 is 0. The predicted octanol–water partition coefficient (Wildman–Crippen LogP) is 3.82. The second-order valence-electron chi connectivity index (χ2n) is 8.39. The van der Waals surface area contributed by atoms with Gasteiger partial charge in [-0.15, -0.1) is 0 Å². The number of anilines is 1. The molecule has 2 atom stereocenters. The molecule has 0 saturated carbocycles. The summed E-state index contributed by atoms with van der Waals surface area (Å²) in [5.74, 6) is 0.491. The van der Waals surface area contributed by atoms with Crippen molar-refractivity contribution in [2.24, 2.45) is 10.7 Å². The van der Waals surface area contributed by atoms with E-state index in [0.717, 1.165) is 16.7 Å². The predicted molar refractivity (Wildman–Crippen MR) is 127 cm³/mol. The molecule has 0 aliphatic carbocycles. The maximum Gasteiger partial charge on any atom is 0.261 e. The molecule has 0 saturated heterocycles. The first kappa shape index (κ1) is 20.8. The molecule has 5 rings (SSSR count). The lowest BCUT2D eigenvalue weighted by Gasteiger charge is -2.37. The van der Waals surface area contributed by atoms with Crippen molar-refractivity contribution in [2.45, 2.75) is 25.0 Å². The number of carbonyl (C=O) groups excluding carboxylic acids is 2. The van der Waals surface area contributed by atoms with Crippen LogP contribution in [-0.4, -0.2) is 29.7 Å². The average Bonchev–Trinajstić information content (AvgIpc) is 3.03. The van der Waals surface area contributed by atoms with Crippen LogP contribution in [-0.2, 0) is 15.1 Å². The highest BCUT2D eigenvalue weighted by Crippen LogP contribution is 2.50. The summed E-state index contributed by atoms with van der Waals surface area (Å²) in [5, 5.41) is 2.81. The lowest BCUT2D eigenvalue weighted by atomic mass is 9.79. The Bertz CT molecular complexity index is 1290. The van der Waals surface area contributed by atoms with Crippen molar-refractivity contribution in [3.05, 3.63) is 83.9 Å². The fraction of sp³-hybridized carbons (Fsp3) is 0.192. The van der Waals surface area contributed by atoms with Gasteiger partial charge in [0.25, 0.3) is 5.91 Å². The minimum absolute atomic E-state index is 0.138. The van der Waals surface area contributed by atoms with Gasteiger partial charge in [-0.05, 0) is 41.0 Å². The third-order valence-electron chi connectivity index (χ3n) is 6.17. The molecular formula is C26H24N4O3. The minimum atomic E-state index is -1.15. The Morgan fingerprint density at radius 2 is 1.85 bits per heavy atom. The number of guanidine groups is 1. The van der Waals surface area contributed by atoms with Gasteiger partial charge in [0.05, 0.1) is 0 Å². The summed E-state index contributed by atoms with van der Waals surface area (Å²) in [6.45, 7) is 1.47. The van der Waals surface area contributed by atoms with Gasteiger partial charge in [0.15, 0.2) is 11.5 Å². The van der Waals surface area contributed by atoms with Crippen molar-refractivity contribution < 1.29 is 14.3 Å². The molecule has 1 spiro atoms. The summed E-state index contributed by atoms with van der Waals surface area (Å²) in [5.41, 5.74) is 9.11. The molecule has 0 aromatic heterocycles. The highest BCUT2D eigenvalue weighted by molar-refractivity contribution is 6.07. The number of carbonyl (C=O) groups is 2. The van der Waals surface area contributed by atoms with Gasteiger partial charge in [-0.1, -0.05) is 48.5 Å². The van der Waals surface area contributed by atoms with Crippen LogP contribution >= 0.6 is 0 Å². The number of fused-ring (bicyclic) bond motifs is 2. The van der Waals surface area contributed by atoms with Gasteiger partial charge in [-0.2, -0.15) is 0 Å². The molecule has 3 N–H and O–H groups in total. The fourth-order valence-corrected chi connectivity index (χ4v) is 4.55. The van der Waals surface area contributed by atoms with Crippen LogP contribution in [0, 0.1) is 0 Å². The van der Waals surface area contributed by atoms with Crippen molar-refractivity contribution in [1.82, 2.24) is 4.90 Å². The molecule has 7 nitrogen and oxygen atoms in total. The van der Waals surface area contributed by atoms with Crippen LogP contribution in [0.3, 0.4) is 0 Å². The van der Waals surface area contributed by atoms with Gasteiger partial charge >= 0.3 is 0 Å². The second kappa shape index (κ2) is 7.78. The average molecular weight is 441 g/mol. The highest BCUT2D eigenvalue weighted by Gasteiger charge is 2.53. The Labute approximate surface area is 191 Å². The molecule has 3 aromatic rings. The van der Waals surface area contributed by atoms with E-state index in [0.29, 0.717) is 23.4 Å². The molecule has 2 aliphatic rings. The van der Waals surface area contributed by atoms with E-state index in [-0.39, 0.29) is 23.9 Å². The van der Waals surface area contributed by atoms with Crippen LogP contribution in [0.5, 0.6) is 5.75 Å². The van der Waals surface area contributed by atoms with Gasteiger partial charge in [0.1, 0.15) is 11.9 Å². The number of nitrogens with one attached hydrogen (secondary N) is 1. The van der Waals surface area contributed by atoms with Crippen LogP contribution in [0.2, 0.25) is 0 Å². The number of ether oxygens (including phenoxy) is 1. The smallest absolute Gasteiger partial charge is 0.261 e. The molecule has 2 unspecified atom stereocenters. The molecule has 2 aliphatic heterocycles. The highest BCUT2D eigenvalue weighted by atomic mass is 16.5. The van der Waals surface area contributed by atoms with Gasteiger partial charge in [0, 0.05) is 31.6 Å². The fourth-order valence-electron chi connectivity index (χ4n) is 4.55. The van der Waals surface area contributed by atoms with E-state index in [1.165, 1.54) is 11.8 Å². The zero-order valence-electron chi connectivity index (χ0n) is 18.4. The quantitative estimate of drug-likeness (QED) is 0.647. The number of hydrogen-bond acceptors (Lipinski definition) is 5. The number of aliphatic imine (C=N–C) groups is 1. The first-order valence-corrected chi connectivity index (χ1v) is 10.7. The van der Waals surface area contributed by atoms with Crippen LogP contribution < -0.4 is 15.8 Å². The molecule has 3 aromatic carbocycles. The first-order valence-electron chi connectivity index (χ1n) is 10.7. The molecule has 2 heterocycles. The summed E-state index contributed by atoms with van der Waals surface area (Å²) in [7, 11) is 1.64. The maximum atomic E-state index is 13.5. The lowest BCUT2D eigenvalue weighted by Crippen LogP contribution is -2.43. The Hall–Kier alpha value is -4.13. The topological polar surface area (TPSA) is 97.0 Å². The van der Waals surface area contributed by atoms with Crippen molar-refractivity contribution >= 4 is 23.5 Å². The SMILES string of the molecule is CC(=O)Nc1cccc(-c2ccc3c(c2)C2(CC(c4ccccc4)O3)N=C(N)N(C)C2=O)c1. The van der Waals surface area contributed by atoms with E-state index in [4.69, 9.17) is 10.5 Å². The zero-order valence-corrected chi connectivity index (χ0v) is 18.4. The Kier molecular flexibility index (Phi) is 4.89. The maximum absolute atomic E-state index is 13.5. The molecule has 7 heteroatoms. The van der Waals surface area contributed by atoms with Crippen molar-refractivity contribution in [3.8, 4) is 16.9 Å². The van der Waals surface area contributed by atoms with Gasteiger partial charge in [-0.3, -0.25) is 14.5 Å². The third-order valence-corrected chi connectivity index (χ3v) is 6.17. The van der Waals surface area contributed by atoms with Gasteiger partial charge < -0.3 is 15.8 Å². The van der Waals surface area contributed by atoms with Crippen LogP contribution in [0.15, 0.2) is 77.8 Å². The third kappa shape index (κ3) is 3.51. The van der Waals surface area contributed by atoms with E-state index in [2.05, 4.69) is 10.3 Å². The van der Waals surface area contributed by atoms with E-state index < -0.39 is 5.54 Å². The van der Waals surface area contributed by atoms with Gasteiger partial charge in [-0.25, -0.2) is 4.99 Å². The number of likely N-dealkylation sites (N-methyl/N-ethyl adjacent to an activating group) is 1. The Morgan fingerprint density at radius 1 is 1.09 bits per heavy atom. The Balaban J connectivity index is 1.63. The van der Waals surface area contributed by atoms with E-state index in [1.54, 1.807) is 7.05 Å². The van der Waals surface area contributed by atoms with Crippen LogP contribution in [0.1, 0.15) is 30.6 Å². The Morgan fingerprint density at radius 3 is 2.55 bits per heavy atom. The first-order chi connectivity index (χ1) is 15.9. The molecule has 166 valence electrons. The summed E-state index contributed by atoms with van der Waals surface area (Å²) in [6, 6.07) is 23.2. The normalized spacial score (nSPS) is 21.4. The summed E-state index contributed by atoms with van der Waals surface area (Å²) < 4.78 is 6.35. The summed E-state index contributed by atoms with van der Waals surface area (Å²) in [6.07, 6.45) is 0.0168. The second-order valence-corrected chi connectivity index (χ2v) is 8.39. The van der Waals surface area contributed by atoms with E-state index in [1.807, 2.05) is 72.8 Å². The molecule has 2 amide bonds. The molecular weight excluding hydrogens is 416 g/mol.